The summed E-state index contributed by atoms with van der Waals surface area (Å²) in [5.41, 5.74) is 0. The third kappa shape index (κ3) is 2.73. The second-order valence-corrected chi connectivity index (χ2v) is 18.3. The predicted molar refractivity (Wildman–Crippen MR) is 58.1 cm³/mol. The molecule has 4 nitrogen and oxygen atoms in total. The zero-order chi connectivity index (χ0) is 10.8. The molecule has 0 fully saturated rings. The first kappa shape index (κ1) is 11.6. The second-order valence-electron chi connectivity index (χ2n) is 4.03. The molecule has 1 rings (SSSR count). The van der Waals surface area contributed by atoms with Crippen molar-refractivity contribution in [3.05, 3.63) is 6.07 Å². The summed E-state index contributed by atoms with van der Waals surface area (Å²) in [4.78, 5) is 15.3. The van der Waals surface area contributed by atoms with Crippen molar-refractivity contribution in [1.82, 2.24) is 9.97 Å². The number of ether oxygens (including phenoxy) is 2. The van der Waals surface area contributed by atoms with Crippen LogP contribution in [-0.2, 0) is 0 Å². The summed E-state index contributed by atoms with van der Waals surface area (Å²) < 4.78 is 11.2. The van der Waals surface area contributed by atoms with Crippen LogP contribution in [0.5, 0.6) is 11.9 Å². The van der Waals surface area contributed by atoms with Crippen LogP contribution in [0.4, 0.5) is 0 Å². The van der Waals surface area contributed by atoms with Crippen LogP contribution >= 0.6 is 0 Å². The summed E-state index contributed by atoms with van der Waals surface area (Å²) in [7, 11) is 3.17. The van der Waals surface area contributed by atoms with Gasteiger partial charge in [0.25, 0.3) is 0 Å². The van der Waals surface area contributed by atoms with Gasteiger partial charge in [0, 0.05) is 0 Å². The maximum absolute atomic E-state index is 5.09. The summed E-state index contributed by atoms with van der Waals surface area (Å²) >= 11 is -2.16. The van der Waals surface area contributed by atoms with Gasteiger partial charge in [-0.1, -0.05) is 0 Å². The number of hydrogen-bond donors (Lipinski definition) is 0. The van der Waals surface area contributed by atoms with Crippen LogP contribution in [0.1, 0.15) is 0 Å². The van der Waals surface area contributed by atoms with Crippen molar-refractivity contribution in [1.29, 1.82) is 0 Å². The first-order chi connectivity index (χ1) is 6.47. The van der Waals surface area contributed by atoms with E-state index in [9.17, 15) is 0 Å². The van der Waals surface area contributed by atoms with Gasteiger partial charge >= 0.3 is 88.5 Å². The monoisotopic (exact) mass is 304 g/mol. The number of nitrogens with zero attached hydrogens (tertiary/aromatic N) is 2. The molecule has 0 saturated heterocycles. The van der Waals surface area contributed by atoms with Gasteiger partial charge in [-0.05, 0) is 0 Å². The molecule has 78 valence electrons. The van der Waals surface area contributed by atoms with Gasteiger partial charge in [-0.2, -0.15) is 0 Å². The average Bonchev–Trinajstić information content (AvgIpc) is 2.15. The van der Waals surface area contributed by atoms with E-state index in [1.807, 2.05) is 6.07 Å². The molecule has 0 saturated carbocycles. The molecule has 0 spiro atoms. The van der Waals surface area contributed by atoms with E-state index < -0.39 is 18.4 Å². The Kier molecular flexibility index (Phi) is 3.58. The molecule has 0 aliphatic carbocycles. The van der Waals surface area contributed by atoms with Crippen LogP contribution in [0.2, 0.25) is 14.8 Å². The van der Waals surface area contributed by atoms with Gasteiger partial charge in [0.05, 0.1) is 0 Å². The molecule has 0 bridgehead atoms. The molecule has 0 radical (unpaired) electrons. The first-order valence-electron chi connectivity index (χ1n) is 4.45. The minimum absolute atomic E-state index is 0.394. The van der Waals surface area contributed by atoms with Crippen molar-refractivity contribution in [3.63, 3.8) is 0 Å². The van der Waals surface area contributed by atoms with Crippen molar-refractivity contribution in [3.8, 4) is 11.9 Å². The Morgan fingerprint density at radius 1 is 1.07 bits per heavy atom. The predicted octanol–water partition coefficient (Wildman–Crippen LogP) is 1.04. The van der Waals surface area contributed by atoms with Crippen molar-refractivity contribution < 1.29 is 9.47 Å². The zero-order valence-electron chi connectivity index (χ0n) is 9.29. The summed E-state index contributed by atoms with van der Waals surface area (Å²) in [6.07, 6.45) is 0. The SMILES string of the molecule is COc1c[c]([Sn]([CH3])([CH3])[CH3])nc(OC)n1. The standard InChI is InChI=1S/C6H7N2O2.3CH3.Sn/c1-9-5-3-4-7-6(8-5)10-2;;;;/h3H,1-2H3;3*1H3;. The molecule has 1 heterocycles. The number of methoxy groups -OCH3 is 2. The van der Waals surface area contributed by atoms with Crippen LogP contribution < -0.4 is 13.2 Å². The number of hydrogen-bond acceptors (Lipinski definition) is 4. The third-order valence-electron chi connectivity index (χ3n) is 1.84. The Labute approximate surface area is 88.5 Å². The Morgan fingerprint density at radius 3 is 2.14 bits per heavy atom. The third-order valence-corrected chi connectivity index (χ3v) is 6.96. The van der Waals surface area contributed by atoms with E-state index in [0.717, 1.165) is 3.71 Å². The normalized spacial score (nSPS) is 11.2. The Bertz CT molecular complexity index is 301. The van der Waals surface area contributed by atoms with Gasteiger partial charge in [0.15, 0.2) is 0 Å². The molecule has 0 aliphatic heterocycles. The van der Waals surface area contributed by atoms with Crippen LogP contribution in [-0.4, -0.2) is 42.6 Å². The van der Waals surface area contributed by atoms with Gasteiger partial charge in [0.2, 0.25) is 0 Å². The van der Waals surface area contributed by atoms with Gasteiger partial charge in [-0.25, -0.2) is 0 Å². The van der Waals surface area contributed by atoms with Crippen LogP contribution in [0.25, 0.3) is 0 Å². The minimum atomic E-state index is -2.16. The van der Waals surface area contributed by atoms with Crippen LogP contribution in [0.15, 0.2) is 6.07 Å². The fourth-order valence-corrected chi connectivity index (χ4v) is 3.80. The molecule has 5 heteroatoms. The van der Waals surface area contributed by atoms with Crippen molar-refractivity contribution in [2.45, 2.75) is 14.8 Å². The maximum atomic E-state index is 5.09. The summed E-state index contributed by atoms with van der Waals surface area (Å²) in [6.45, 7) is 0. The van der Waals surface area contributed by atoms with Crippen molar-refractivity contribution >= 4 is 22.1 Å². The van der Waals surface area contributed by atoms with Gasteiger partial charge in [-0.3, -0.25) is 0 Å². The topological polar surface area (TPSA) is 44.2 Å². The zero-order valence-corrected chi connectivity index (χ0v) is 12.1. The molecule has 0 unspecified atom stereocenters. The van der Waals surface area contributed by atoms with Crippen LogP contribution in [0.3, 0.4) is 0 Å². The van der Waals surface area contributed by atoms with E-state index >= 15 is 0 Å². The second kappa shape index (κ2) is 4.33. The van der Waals surface area contributed by atoms with E-state index in [2.05, 4.69) is 24.8 Å². The number of rotatable bonds is 3. The average molecular weight is 303 g/mol. The molecule has 0 aliphatic rings. The van der Waals surface area contributed by atoms with Gasteiger partial charge in [-0.15, -0.1) is 0 Å². The van der Waals surface area contributed by atoms with Gasteiger partial charge < -0.3 is 0 Å². The summed E-state index contributed by atoms with van der Waals surface area (Å²) in [5, 5.41) is 0. The Balaban J connectivity index is 3.17. The Hall–Kier alpha value is -0.521. The van der Waals surface area contributed by atoms with E-state index in [-0.39, 0.29) is 0 Å². The number of aromatic nitrogens is 2. The van der Waals surface area contributed by atoms with Crippen molar-refractivity contribution in [2.75, 3.05) is 14.2 Å². The van der Waals surface area contributed by atoms with E-state index in [1.54, 1.807) is 14.2 Å². The fourth-order valence-electron chi connectivity index (χ4n) is 0.984. The molecule has 1 aromatic heterocycles. The first-order valence-corrected chi connectivity index (χ1v) is 14.4. The van der Waals surface area contributed by atoms with Crippen molar-refractivity contribution in [2.24, 2.45) is 0 Å². The molecule has 1 aromatic rings. The molecule has 0 amide bonds. The molecular formula is C9H16N2O2Sn. The Morgan fingerprint density at radius 2 is 1.71 bits per heavy atom. The molecule has 0 N–H and O–H groups in total. The van der Waals surface area contributed by atoms with E-state index in [0.29, 0.717) is 11.9 Å². The molecular weight excluding hydrogens is 287 g/mol. The van der Waals surface area contributed by atoms with Crippen LogP contribution in [0, 0.1) is 0 Å². The van der Waals surface area contributed by atoms with Gasteiger partial charge in [0.1, 0.15) is 0 Å². The summed E-state index contributed by atoms with van der Waals surface area (Å²) in [5.74, 6) is 0.582. The summed E-state index contributed by atoms with van der Waals surface area (Å²) in [6, 6.07) is 2.31. The molecule has 14 heavy (non-hydrogen) atoms. The molecule has 0 atom stereocenters. The quantitative estimate of drug-likeness (QED) is 0.783. The van der Waals surface area contributed by atoms with E-state index in [4.69, 9.17) is 9.47 Å². The molecule has 0 aromatic carbocycles. The fraction of sp³-hybridized carbons (Fsp3) is 0.556. The van der Waals surface area contributed by atoms with E-state index in [1.165, 1.54) is 0 Å².